The van der Waals surface area contributed by atoms with Crippen molar-refractivity contribution in [1.29, 1.82) is 0 Å². The van der Waals surface area contributed by atoms with Gasteiger partial charge >= 0.3 is 0 Å². The predicted molar refractivity (Wildman–Crippen MR) is 153 cm³/mol. The lowest BCUT2D eigenvalue weighted by Crippen LogP contribution is -2.38. The van der Waals surface area contributed by atoms with Gasteiger partial charge in [0.05, 0.1) is 34.1 Å². The molecule has 1 atom stereocenters. The number of methoxy groups -OCH3 is 2. The lowest BCUT2D eigenvalue weighted by atomic mass is 9.83. The van der Waals surface area contributed by atoms with E-state index in [1.54, 1.807) is 13.2 Å². The molecule has 0 saturated carbocycles. The third-order valence-electron chi connectivity index (χ3n) is 6.87. The van der Waals surface area contributed by atoms with Crippen LogP contribution in [0.2, 0.25) is 0 Å². The normalized spacial score (nSPS) is 16.5. The number of halogens is 1. The molecule has 37 heavy (non-hydrogen) atoms. The Kier molecular flexibility index (Phi) is 6.16. The smallest absolute Gasteiger partial charge is 0.271 e. The van der Waals surface area contributed by atoms with Gasteiger partial charge in [-0.15, -0.1) is 0 Å². The van der Waals surface area contributed by atoms with Crippen LogP contribution in [0.3, 0.4) is 0 Å². The molecule has 6 nitrogen and oxygen atoms in total. The summed E-state index contributed by atoms with van der Waals surface area (Å²) in [5.41, 5.74) is 6.26. The summed E-state index contributed by atoms with van der Waals surface area (Å²) in [6, 6.07) is 19.6. The highest BCUT2D eigenvalue weighted by Gasteiger charge is 2.32. The molecule has 4 aromatic rings. The number of hydrogen-bond donors (Lipinski definition) is 1. The molecule has 186 valence electrons. The molecule has 0 fully saturated rings. The highest BCUT2D eigenvalue weighted by Crippen LogP contribution is 2.41. The minimum atomic E-state index is -0.248. The van der Waals surface area contributed by atoms with Crippen molar-refractivity contribution in [3.63, 3.8) is 0 Å². The van der Waals surface area contributed by atoms with Crippen molar-refractivity contribution in [2.45, 2.75) is 18.9 Å². The van der Waals surface area contributed by atoms with Crippen LogP contribution in [0.15, 0.2) is 76.0 Å². The van der Waals surface area contributed by atoms with Gasteiger partial charge in [0.25, 0.3) is 5.56 Å². The van der Waals surface area contributed by atoms with E-state index < -0.39 is 0 Å². The highest BCUT2D eigenvalue weighted by molar-refractivity contribution is 14.1. The Morgan fingerprint density at radius 2 is 1.86 bits per heavy atom. The quantitative estimate of drug-likeness (QED) is 0.337. The largest absolute Gasteiger partial charge is 0.504 e. The molecule has 0 bridgehead atoms. The average Bonchev–Trinajstić information content (AvgIpc) is 3.23. The van der Waals surface area contributed by atoms with E-state index in [4.69, 9.17) is 14.5 Å². The number of hydrogen-bond acceptors (Lipinski definition) is 6. The first-order chi connectivity index (χ1) is 18.0. The maximum Gasteiger partial charge on any atom is 0.271 e. The van der Waals surface area contributed by atoms with Crippen molar-refractivity contribution >= 4 is 45.7 Å². The molecule has 0 saturated heterocycles. The number of phenolic OH excluding ortho intramolecular Hbond substituents is 1. The summed E-state index contributed by atoms with van der Waals surface area (Å²) in [5, 5.41) is 10.2. The molecule has 0 radical (unpaired) electrons. The maximum absolute atomic E-state index is 13.9. The second-order valence-corrected chi connectivity index (χ2v) is 11.1. The lowest BCUT2D eigenvalue weighted by Gasteiger charge is -2.30. The number of allylic oxidation sites excluding steroid dienone is 1. The summed E-state index contributed by atoms with van der Waals surface area (Å²) in [4.78, 5) is 19.6. The van der Waals surface area contributed by atoms with Gasteiger partial charge in [0.1, 0.15) is 5.75 Å². The van der Waals surface area contributed by atoms with Gasteiger partial charge in [-0.3, -0.25) is 9.36 Å². The van der Waals surface area contributed by atoms with Gasteiger partial charge in [0, 0.05) is 5.56 Å². The van der Waals surface area contributed by atoms with Gasteiger partial charge in [-0.25, -0.2) is 4.99 Å². The number of phenols is 1. The van der Waals surface area contributed by atoms with Gasteiger partial charge in [-0.1, -0.05) is 47.7 Å². The van der Waals surface area contributed by atoms with Crippen LogP contribution in [0.5, 0.6) is 17.2 Å². The Hall–Kier alpha value is -3.37. The number of fused-ring (bicyclic) bond motifs is 3. The molecular formula is C29H23IN2O4S. The molecule has 8 heteroatoms. The Labute approximate surface area is 231 Å². The summed E-state index contributed by atoms with van der Waals surface area (Å²) < 4.78 is 13.8. The van der Waals surface area contributed by atoms with E-state index >= 15 is 0 Å². The zero-order valence-electron chi connectivity index (χ0n) is 20.2. The van der Waals surface area contributed by atoms with E-state index in [1.807, 2.05) is 47.0 Å². The number of thiazole rings is 1. The van der Waals surface area contributed by atoms with E-state index in [2.05, 4.69) is 40.8 Å². The number of benzene rings is 3. The predicted octanol–water partition coefficient (Wildman–Crippen LogP) is 4.65. The summed E-state index contributed by atoms with van der Waals surface area (Å²) in [5.74, 6) is 1.23. The number of aromatic nitrogens is 1. The molecule has 0 amide bonds. The fraction of sp³-hybridized carbons (Fsp3) is 0.172. The molecule has 2 aliphatic rings. The van der Waals surface area contributed by atoms with Gasteiger partial charge in [-0.05, 0) is 88.0 Å². The van der Waals surface area contributed by atoms with Crippen molar-refractivity contribution in [2.24, 2.45) is 4.99 Å². The van der Waals surface area contributed by atoms with E-state index in [-0.39, 0.29) is 17.4 Å². The van der Waals surface area contributed by atoms with Crippen molar-refractivity contribution in [1.82, 2.24) is 4.57 Å². The van der Waals surface area contributed by atoms with Crippen molar-refractivity contribution in [3.05, 3.63) is 112 Å². The standard InChI is InChI=1S/C29H23IN2O4S/c1-35-19-10-7-18(8-11-19)26-21-12-9-17-5-3-4-6-20(17)25(21)31-29-32(26)28(34)24(37-29)15-16-13-22(30)27(33)23(14-16)36-2/h3-8,10-11,13-15,26,33H,9,12H2,1-2H3/b24-15-/t26-/m0/s1. The Morgan fingerprint density at radius 3 is 2.62 bits per heavy atom. The number of rotatable bonds is 4. The lowest BCUT2D eigenvalue weighted by molar-refractivity contribution is 0.371. The second-order valence-electron chi connectivity index (χ2n) is 8.94. The monoisotopic (exact) mass is 622 g/mol. The SMILES string of the molecule is COc1ccc([C@H]2C3=C(N=c4s/c(=C\c5cc(I)c(O)c(OC)c5)c(=O)n42)c2ccccc2CC3)cc1. The van der Waals surface area contributed by atoms with Gasteiger partial charge in [0.2, 0.25) is 0 Å². The summed E-state index contributed by atoms with van der Waals surface area (Å²) in [7, 11) is 3.16. The molecule has 0 unspecified atom stereocenters. The molecule has 3 aromatic carbocycles. The molecule has 6 rings (SSSR count). The van der Waals surface area contributed by atoms with Crippen LogP contribution in [-0.4, -0.2) is 23.9 Å². The molecule has 2 heterocycles. The minimum absolute atomic E-state index is 0.0861. The van der Waals surface area contributed by atoms with Gasteiger partial charge < -0.3 is 14.6 Å². The van der Waals surface area contributed by atoms with E-state index in [1.165, 1.54) is 24.0 Å². The molecule has 0 spiro atoms. The third kappa shape index (κ3) is 4.08. The van der Waals surface area contributed by atoms with Gasteiger partial charge in [0.15, 0.2) is 16.3 Å². The van der Waals surface area contributed by atoms with Crippen LogP contribution in [0.1, 0.15) is 34.7 Å². The summed E-state index contributed by atoms with van der Waals surface area (Å²) in [6.07, 6.45) is 3.59. The first-order valence-electron chi connectivity index (χ1n) is 11.8. The highest BCUT2D eigenvalue weighted by atomic mass is 127. The van der Waals surface area contributed by atoms with Crippen LogP contribution < -0.4 is 24.4 Å². The number of aromatic hydroxyl groups is 1. The summed E-state index contributed by atoms with van der Waals surface area (Å²) in [6.45, 7) is 0. The fourth-order valence-electron chi connectivity index (χ4n) is 5.09. The Morgan fingerprint density at radius 1 is 1.08 bits per heavy atom. The second kappa shape index (κ2) is 9.50. The molecule has 1 N–H and O–H groups in total. The van der Waals surface area contributed by atoms with Crippen molar-refractivity contribution < 1.29 is 14.6 Å². The van der Waals surface area contributed by atoms with Gasteiger partial charge in [-0.2, -0.15) is 0 Å². The minimum Gasteiger partial charge on any atom is -0.504 e. The van der Waals surface area contributed by atoms with Crippen LogP contribution in [0.4, 0.5) is 0 Å². The molecule has 1 aliphatic carbocycles. The van der Waals surface area contributed by atoms with Crippen molar-refractivity contribution in [3.8, 4) is 17.2 Å². The van der Waals surface area contributed by atoms with Crippen LogP contribution >= 0.6 is 33.9 Å². The summed E-state index contributed by atoms with van der Waals surface area (Å²) >= 11 is 3.44. The zero-order chi connectivity index (χ0) is 25.7. The van der Waals surface area contributed by atoms with Crippen LogP contribution in [-0.2, 0) is 6.42 Å². The number of nitrogens with zero attached hydrogens (tertiary/aromatic N) is 2. The van der Waals surface area contributed by atoms with Crippen molar-refractivity contribution in [2.75, 3.05) is 14.2 Å². The Balaban J connectivity index is 1.59. The first kappa shape index (κ1) is 24.0. The maximum atomic E-state index is 13.9. The van der Waals surface area contributed by atoms with Crippen LogP contribution in [0, 0.1) is 3.57 Å². The number of aryl methyl sites for hydroxylation is 1. The fourth-order valence-corrected chi connectivity index (χ4v) is 6.72. The Bertz CT molecular complexity index is 1750. The topological polar surface area (TPSA) is 73.1 Å². The zero-order valence-corrected chi connectivity index (χ0v) is 23.2. The molecule has 1 aliphatic heterocycles. The molecule has 1 aromatic heterocycles. The third-order valence-corrected chi connectivity index (χ3v) is 8.68. The first-order valence-corrected chi connectivity index (χ1v) is 13.7. The van der Waals surface area contributed by atoms with E-state index in [9.17, 15) is 9.90 Å². The van der Waals surface area contributed by atoms with E-state index in [0.717, 1.165) is 46.6 Å². The number of ether oxygens (including phenoxy) is 2. The molecular weight excluding hydrogens is 599 g/mol. The average molecular weight is 622 g/mol. The van der Waals surface area contributed by atoms with E-state index in [0.29, 0.717) is 18.7 Å². The van der Waals surface area contributed by atoms with Crippen LogP contribution in [0.25, 0.3) is 11.8 Å².